The van der Waals surface area contributed by atoms with E-state index < -0.39 is 40.1 Å². The van der Waals surface area contributed by atoms with Crippen LogP contribution in [-0.4, -0.2) is 23.4 Å². The van der Waals surface area contributed by atoms with E-state index >= 15 is 0 Å². The maximum absolute atomic E-state index is 13.9. The van der Waals surface area contributed by atoms with Crippen LogP contribution < -0.4 is 20.7 Å². The number of hydrogen-bond donors (Lipinski definition) is 3. The number of ether oxygens (including phenoxy) is 1. The molecule has 3 aromatic carbocycles. The number of para-hydroxylation sites is 2. The number of carbonyl (C=O) groups excluding carboxylic acids is 1. The highest BCUT2D eigenvalue weighted by Gasteiger charge is 2.25. The highest BCUT2D eigenvalue weighted by Crippen LogP contribution is 2.30. The van der Waals surface area contributed by atoms with Gasteiger partial charge in [-0.3, -0.25) is 4.79 Å². The average Bonchev–Trinajstić information content (AvgIpc) is 2.84. The van der Waals surface area contributed by atoms with Gasteiger partial charge in [0, 0.05) is 16.6 Å². The Bertz CT molecular complexity index is 1220. The highest BCUT2D eigenvalue weighted by molar-refractivity contribution is 8.00. The standard InChI is InChI=1S/C24H21F4N3O2S2/c1-3-19(23(32)31-22-20(27)15(25)12-16(26)21(22)28)35-14-8-6-7-13(11-14)29-24(34)30-17-9-4-5-10-18(17)33-2/h4-12,19H,3H2,1-2H3,(H,31,32)(H2,29,30,34). The Morgan fingerprint density at radius 1 is 0.971 bits per heavy atom. The molecule has 184 valence electrons. The van der Waals surface area contributed by atoms with Crippen LogP contribution in [0.15, 0.2) is 59.5 Å². The molecule has 3 N–H and O–H groups in total. The lowest BCUT2D eigenvalue weighted by molar-refractivity contribution is -0.115. The maximum atomic E-state index is 13.9. The SMILES string of the molecule is CCC(Sc1cccc(NC(=S)Nc2ccccc2OC)c1)C(=O)Nc1c(F)c(F)cc(F)c1F. The number of thiocarbonyl (C=S) groups is 1. The summed E-state index contributed by atoms with van der Waals surface area (Å²) in [5, 5.41) is 7.55. The Kier molecular flexibility index (Phi) is 8.94. The van der Waals surface area contributed by atoms with Gasteiger partial charge in [0.05, 0.1) is 18.0 Å². The zero-order valence-electron chi connectivity index (χ0n) is 18.6. The van der Waals surface area contributed by atoms with Crippen LogP contribution in [-0.2, 0) is 4.79 Å². The minimum Gasteiger partial charge on any atom is -0.495 e. The van der Waals surface area contributed by atoms with E-state index in [9.17, 15) is 22.4 Å². The van der Waals surface area contributed by atoms with Crippen molar-refractivity contribution in [3.05, 3.63) is 77.9 Å². The number of hydrogen-bond acceptors (Lipinski definition) is 4. The quantitative estimate of drug-likeness (QED) is 0.134. The van der Waals surface area contributed by atoms with E-state index in [1.165, 1.54) is 0 Å². The van der Waals surface area contributed by atoms with Crippen molar-refractivity contribution in [1.29, 1.82) is 0 Å². The van der Waals surface area contributed by atoms with Gasteiger partial charge in [0.2, 0.25) is 5.91 Å². The molecule has 0 aromatic heterocycles. The topological polar surface area (TPSA) is 62.4 Å². The number of thioether (sulfide) groups is 1. The summed E-state index contributed by atoms with van der Waals surface area (Å²) in [6.45, 7) is 1.70. The molecule has 1 atom stereocenters. The minimum atomic E-state index is -1.67. The normalized spacial score (nSPS) is 11.5. The molecule has 0 aliphatic carbocycles. The highest BCUT2D eigenvalue weighted by atomic mass is 32.2. The molecule has 3 rings (SSSR count). The van der Waals surface area contributed by atoms with Gasteiger partial charge in [0.15, 0.2) is 28.4 Å². The summed E-state index contributed by atoms with van der Waals surface area (Å²) in [4.78, 5) is 13.3. The van der Waals surface area contributed by atoms with Crippen LogP contribution in [0.5, 0.6) is 5.75 Å². The Morgan fingerprint density at radius 2 is 1.66 bits per heavy atom. The predicted molar refractivity (Wildman–Crippen MR) is 134 cm³/mol. The fourth-order valence-electron chi connectivity index (χ4n) is 3.05. The summed E-state index contributed by atoms with van der Waals surface area (Å²) < 4.78 is 60.1. The van der Waals surface area contributed by atoms with E-state index in [2.05, 4.69) is 10.6 Å². The van der Waals surface area contributed by atoms with Crippen molar-refractivity contribution in [3.8, 4) is 5.75 Å². The fourth-order valence-corrected chi connectivity index (χ4v) is 4.29. The molecule has 0 spiro atoms. The van der Waals surface area contributed by atoms with Gasteiger partial charge in [0.1, 0.15) is 11.4 Å². The van der Waals surface area contributed by atoms with Crippen LogP contribution in [0.3, 0.4) is 0 Å². The molecule has 0 fully saturated rings. The molecule has 0 aliphatic rings. The summed E-state index contributed by atoms with van der Waals surface area (Å²) in [6, 6.07) is 14.3. The summed E-state index contributed by atoms with van der Waals surface area (Å²) in [5.74, 6) is -6.72. The van der Waals surface area contributed by atoms with Gasteiger partial charge in [-0.25, -0.2) is 17.6 Å². The second kappa shape index (κ2) is 11.9. The summed E-state index contributed by atoms with van der Waals surface area (Å²) in [5.41, 5.74) is 0.144. The number of benzene rings is 3. The molecule has 0 heterocycles. The van der Waals surface area contributed by atoms with Gasteiger partial charge in [-0.1, -0.05) is 25.1 Å². The van der Waals surface area contributed by atoms with Crippen molar-refractivity contribution in [2.24, 2.45) is 0 Å². The molecule has 35 heavy (non-hydrogen) atoms. The summed E-state index contributed by atoms with van der Waals surface area (Å²) in [6.07, 6.45) is 0.281. The first kappa shape index (κ1) is 26.3. The zero-order valence-corrected chi connectivity index (χ0v) is 20.3. The monoisotopic (exact) mass is 523 g/mol. The van der Waals surface area contributed by atoms with Crippen molar-refractivity contribution in [2.75, 3.05) is 23.1 Å². The summed E-state index contributed by atoms with van der Waals surface area (Å²) >= 11 is 6.48. The third-order valence-corrected chi connectivity index (χ3v) is 6.31. The van der Waals surface area contributed by atoms with Crippen molar-refractivity contribution in [3.63, 3.8) is 0 Å². The van der Waals surface area contributed by atoms with Crippen LogP contribution in [0.25, 0.3) is 0 Å². The third kappa shape index (κ3) is 6.64. The molecule has 0 saturated heterocycles. The number of nitrogens with one attached hydrogen (secondary N) is 3. The number of anilines is 3. The van der Waals surface area contributed by atoms with Crippen LogP contribution in [0.1, 0.15) is 13.3 Å². The maximum Gasteiger partial charge on any atom is 0.238 e. The zero-order chi connectivity index (χ0) is 25.5. The van der Waals surface area contributed by atoms with Gasteiger partial charge in [0.25, 0.3) is 0 Å². The lowest BCUT2D eigenvalue weighted by Gasteiger charge is -2.17. The third-order valence-electron chi connectivity index (χ3n) is 4.75. The van der Waals surface area contributed by atoms with E-state index in [-0.39, 0.29) is 12.5 Å². The van der Waals surface area contributed by atoms with Crippen molar-refractivity contribution in [1.82, 2.24) is 0 Å². The minimum absolute atomic E-state index is 0.0814. The molecule has 3 aromatic rings. The Balaban J connectivity index is 1.69. The van der Waals surface area contributed by atoms with E-state index in [1.54, 1.807) is 50.4 Å². The second-order valence-electron chi connectivity index (χ2n) is 7.15. The number of rotatable bonds is 8. The van der Waals surface area contributed by atoms with Gasteiger partial charge >= 0.3 is 0 Å². The number of amides is 1. The molecular formula is C24H21F4N3O2S2. The van der Waals surface area contributed by atoms with Crippen LogP contribution in [0.2, 0.25) is 0 Å². The second-order valence-corrected chi connectivity index (χ2v) is 8.84. The number of methoxy groups -OCH3 is 1. The van der Waals surface area contributed by atoms with Gasteiger partial charge < -0.3 is 20.7 Å². The van der Waals surface area contributed by atoms with Crippen LogP contribution >= 0.6 is 24.0 Å². The van der Waals surface area contributed by atoms with E-state index in [0.717, 1.165) is 11.8 Å². The molecule has 11 heteroatoms. The van der Waals surface area contributed by atoms with Crippen LogP contribution in [0.4, 0.5) is 34.6 Å². The molecule has 5 nitrogen and oxygen atoms in total. The number of carbonyl (C=O) groups is 1. The van der Waals surface area contributed by atoms with E-state index in [4.69, 9.17) is 17.0 Å². The van der Waals surface area contributed by atoms with E-state index in [1.807, 2.05) is 17.4 Å². The molecule has 1 amide bonds. The smallest absolute Gasteiger partial charge is 0.238 e. The Morgan fingerprint density at radius 3 is 2.31 bits per heavy atom. The first-order chi connectivity index (χ1) is 16.7. The van der Waals surface area contributed by atoms with Gasteiger partial charge in [-0.2, -0.15) is 0 Å². The van der Waals surface area contributed by atoms with Gasteiger partial charge in [-0.05, 0) is 49.0 Å². The van der Waals surface area contributed by atoms with E-state index in [0.29, 0.717) is 27.1 Å². The summed E-state index contributed by atoms with van der Waals surface area (Å²) in [7, 11) is 1.55. The lowest BCUT2D eigenvalue weighted by Crippen LogP contribution is -2.26. The molecule has 0 bridgehead atoms. The average molecular weight is 524 g/mol. The molecule has 0 saturated carbocycles. The Labute approximate surface area is 209 Å². The van der Waals surface area contributed by atoms with Crippen LogP contribution in [0, 0.1) is 23.3 Å². The molecular weight excluding hydrogens is 502 g/mol. The molecule has 0 aliphatic heterocycles. The molecule has 0 radical (unpaired) electrons. The van der Waals surface area contributed by atoms with Crippen molar-refractivity contribution >= 4 is 52.1 Å². The first-order valence-electron chi connectivity index (χ1n) is 10.3. The predicted octanol–water partition coefficient (Wildman–Crippen LogP) is 6.57. The lowest BCUT2D eigenvalue weighted by atomic mass is 10.2. The van der Waals surface area contributed by atoms with Crippen molar-refractivity contribution in [2.45, 2.75) is 23.5 Å². The van der Waals surface area contributed by atoms with Crippen molar-refractivity contribution < 1.29 is 27.1 Å². The molecule has 1 unspecified atom stereocenters. The first-order valence-corrected chi connectivity index (χ1v) is 11.6. The Hall–Kier alpha value is -3.31. The fraction of sp³-hybridized carbons (Fsp3) is 0.167. The number of halogens is 4. The largest absolute Gasteiger partial charge is 0.495 e. The van der Waals surface area contributed by atoms with Gasteiger partial charge in [-0.15, -0.1) is 11.8 Å².